The average Bonchev–Trinajstić information content (AvgIpc) is 3.15. The van der Waals surface area contributed by atoms with E-state index >= 15 is 0 Å². The van der Waals surface area contributed by atoms with Gasteiger partial charge in [-0.15, -0.1) is 0 Å². The average molecular weight is 333 g/mol. The van der Waals surface area contributed by atoms with Crippen molar-refractivity contribution in [3.63, 3.8) is 0 Å². The highest BCUT2D eigenvalue weighted by Gasteiger charge is 2.26. The lowest BCUT2D eigenvalue weighted by atomic mass is 9.97. The molecular formula is C18H24FN3O2. The number of carbonyl (C=O) groups excluding carboxylic acids is 2. The first-order valence-electron chi connectivity index (χ1n) is 8.69. The highest BCUT2D eigenvalue weighted by molar-refractivity contribution is 5.94. The highest BCUT2D eigenvalue weighted by Crippen LogP contribution is 2.18. The van der Waals surface area contributed by atoms with Crippen LogP contribution < -0.4 is 10.6 Å². The van der Waals surface area contributed by atoms with Crippen molar-refractivity contribution in [1.82, 2.24) is 15.5 Å². The van der Waals surface area contributed by atoms with E-state index in [2.05, 4.69) is 10.6 Å². The van der Waals surface area contributed by atoms with E-state index in [1.54, 1.807) is 4.90 Å². The number of piperidine rings is 1. The van der Waals surface area contributed by atoms with E-state index in [-0.39, 0.29) is 29.6 Å². The Balaban J connectivity index is 1.51. The number of benzene rings is 1. The predicted octanol–water partition coefficient (Wildman–Crippen LogP) is 1.55. The van der Waals surface area contributed by atoms with Gasteiger partial charge in [-0.05, 0) is 62.4 Å². The van der Waals surface area contributed by atoms with Gasteiger partial charge < -0.3 is 15.5 Å². The van der Waals surface area contributed by atoms with Crippen molar-refractivity contribution >= 4 is 11.8 Å². The molecule has 0 radical (unpaired) electrons. The van der Waals surface area contributed by atoms with Crippen LogP contribution in [-0.2, 0) is 4.79 Å². The summed E-state index contributed by atoms with van der Waals surface area (Å²) < 4.78 is 13.0. The Hall–Kier alpha value is -1.95. The minimum atomic E-state index is -0.341. The van der Waals surface area contributed by atoms with Gasteiger partial charge in [0.1, 0.15) is 5.82 Å². The van der Waals surface area contributed by atoms with Gasteiger partial charge in [-0.25, -0.2) is 4.39 Å². The molecule has 6 heteroatoms. The first kappa shape index (κ1) is 16.9. The van der Waals surface area contributed by atoms with Crippen LogP contribution in [0.2, 0.25) is 0 Å². The summed E-state index contributed by atoms with van der Waals surface area (Å²) in [5.74, 6) is -0.0715. The number of rotatable bonds is 4. The van der Waals surface area contributed by atoms with Gasteiger partial charge in [0.15, 0.2) is 0 Å². The van der Waals surface area contributed by atoms with Crippen LogP contribution >= 0.6 is 0 Å². The number of carbonyl (C=O) groups is 2. The lowest BCUT2D eigenvalue weighted by Crippen LogP contribution is -2.46. The van der Waals surface area contributed by atoms with Gasteiger partial charge in [0, 0.05) is 25.2 Å². The molecule has 2 atom stereocenters. The summed E-state index contributed by atoms with van der Waals surface area (Å²) in [7, 11) is 0. The molecule has 0 spiro atoms. The zero-order valence-corrected chi connectivity index (χ0v) is 13.8. The normalized spacial score (nSPS) is 24.0. The van der Waals surface area contributed by atoms with Crippen molar-refractivity contribution < 1.29 is 14.0 Å². The molecule has 2 aliphatic rings. The van der Waals surface area contributed by atoms with Crippen LogP contribution in [-0.4, -0.2) is 48.9 Å². The SMILES string of the molecule is O=C(NC[C@H]1CCCN(C(=O)c2ccc(F)cc2)C1)[C@H]1CCCN1. The zero-order valence-electron chi connectivity index (χ0n) is 13.8. The Kier molecular flexibility index (Phi) is 5.45. The molecule has 1 aromatic rings. The van der Waals surface area contributed by atoms with Gasteiger partial charge in [-0.2, -0.15) is 0 Å². The van der Waals surface area contributed by atoms with Gasteiger partial charge in [0.05, 0.1) is 6.04 Å². The minimum Gasteiger partial charge on any atom is -0.354 e. The van der Waals surface area contributed by atoms with Crippen LogP contribution in [0.15, 0.2) is 24.3 Å². The van der Waals surface area contributed by atoms with Crippen LogP contribution in [0, 0.1) is 11.7 Å². The number of nitrogens with one attached hydrogen (secondary N) is 2. The van der Waals surface area contributed by atoms with E-state index in [0.717, 1.165) is 32.2 Å². The smallest absolute Gasteiger partial charge is 0.253 e. The number of likely N-dealkylation sites (tertiary alicyclic amines) is 1. The molecular weight excluding hydrogens is 309 g/mol. The molecule has 2 saturated heterocycles. The van der Waals surface area contributed by atoms with Crippen molar-refractivity contribution in [1.29, 1.82) is 0 Å². The molecule has 2 heterocycles. The van der Waals surface area contributed by atoms with E-state index in [1.807, 2.05) is 0 Å². The Morgan fingerprint density at radius 2 is 2.00 bits per heavy atom. The van der Waals surface area contributed by atoms with E-state index in [9.17, 15) is 14.0 Å². The maximum Gasteiger partial charge on any atom is 0.253 e. The fraction of sp³-hybridized carbons (Fsp3) is 0.556. The summed E-state index contributed by atoms with van der Waals surface area (Å²) in [4.78, 5) is 26.4. The molecule has 2 N–H and O–H groups in total. The first-order valence-corrected chi connectivity index (χ1v) is 8.69. The molecule has 0 aromatic heterocycles. The summed E-state index contributed by atoms with van der Waals surface area (Å²) >= 11 is 0. The van der Waals surface area contributed by atoms with Gasteiger partial charge in [-0.3, -0.25) is 9.59 Å². The van der Waals surface area contributed by atoms with Crippen molar-refractivity contribution in [3.05, 3.63) is 35.6 Å². The lowest BCUT2D eigenvalue weighted by Gasteiger charge is -2.33. The van der Waals surface area contributed by atoms with Crippen molar-refractivity contribution in [3.8, 4) is 0 Å². The Bertz CT molecular complexity index is 584. The number of halogens is 1. The fourth-order valence-corrected chi connectivity index (χ4v) is 3.47. The van der Waals surface area contributed by atoms with Gasteiger partial charge in [-0.1, -0.05) is 0 Å². The number of nitrogens with zero attached hydrogens (tertiary/aromatic N) is 1. The number of amides is 2. The summed E-state index contributed by atoms with van der Waals surface area (Å²) in [6.07, 6.45) is 3.87. The van der Waals surface area contributed by atoms with Crippen molar-refractivity contribution in [2.24, 2.45) is 5.92 Å². The van der Waals surface area contributed by atoms with Crippen molar-refractivity contribution in [2.75, 3.05) is 26.2 Å². The van der Waals surface area contributed by atoms with Gasteiger partial charge >= 0.3 is 0 Å². The number of hydrogen-bond donors (Lipinski definition) is 2. The van der Waals surface area contributed by atoms with Gasteiger partial charge in [0.25, 0.3) is 5.91 Å². The summed E-state index contributed by atoms with van der Waals surface area (Å²) in [6.45, 7) is 2.85. The van der Waals surface area contributed by atoms with Crippen LogP contribution in [0.1, 0.15) is 36.0 Å². The fourth-order valence-electron chi connectivity index (χ4n) is 3.47. The number of hydrogen-bond acceptors (Lipinski definition) is 3. The molecule has 0 saturated carbocycles. The topological polar surface area (TPSA) is 61.4 Å². The molecule has 24 heavy (non-hydrogen) atoms. The van der Waals surface area contributed by atoms with Crippen molar-refractivity contribution in [2.45, 2.75) is 31.7 Å². The first-order chi connectivity index (χ1) is 11.6. The molecule has 0 unspecified atom stereocenters. The maximum absolute atomic E-state index is 13.0. The van der Waals surface area contributed by atoms with E-state index < -0.39 is 0 Å². The van der Waals surface area contributed by atoms with E-state index in [4.69, 9.17) is 0 Å². The molecule has 5 nitrogen and oxygen atoms in total. The standard InChI is InChI=1S/C18H24FN3O2/c19-15-7-5-14(6-8-15)18(24)22-10-2-3-13(12-22)11-21-17(23)16-4-1-9-20-16/h5-8,13,16,20H,1-4,9-12H2,(H,21,23)/t13-,16-/m1/s1. The Morgan fingerprint density at radius 1 is 1.21 bits per heavy atom. The third kappa shape index (κ3) is 4.12. The van der Waals surface area contributed by atoms with E-state index in [0.29, 0.717) is 25.2 Å². The summed E-state index contributed by atoms with van der Waals surface area (Å²) in [6, 6.07) is 5.60. The molecule has 3 rings (SSSR count). The van der Waals surface area contributed by atoms with Crippen LogP contribution in [0.4, 0.5) is 4.39 Å². The highest BCUT2D eigenvalue weighted by atomic mass is 19.1. The lowest BCUT2D eigenvalue weighted by molar-refractivity contribution is -0.123. The Labute approximate surface area is 141 Å². The maximum atomic E-state index is 13.0. The molecule has 0 bridgehead atoms. The largest absolute Gasteiger partial charge is 0.354 e. The summed E-state index contributed by atoms with van der Waals surface area (Å²) in [5, 5.41) is 6.20. The molecule has 2 amide bonds. The monoisotopic (exact) mass is 333 g/mol. The third-order valence-corrected chi connectivity index (χ3v) is 4.84. The minimum absolute atomic E-state index is 0.0643. The second-order valence-corrected chi connectivity index (χ2v) is 6.66. The van der Waals surface area contributed by atoms with Crippen LogP contribution in [0.5, 0.6) is 0 Å². The van der Waals surface area contributed by atoms with Crippen LogP contribution in [0.3, 0.4) is 0 Å². The molecule has 130 valence electrons. The molecule has 2 fully saturated rings. The van der Waals surface area contributed by atoms with Crippen LogP contribution in [0.25, 0.3) is 0 Å². The second kappa shape index (κ2) is 7.75. The second-order valence-electron chi connectivity index (χ2n) is 6.66. The van der Waals surface area contributed by atoms with Gasteiger partial charge in [0.2, 0.25) is 5.91 Å². The summed E-state index contributed by atoms with van der Waals surface area (Å²) in [5.41, 5.74) is 0.510. The Morgan fingerprint density at radius 3 is 2.71 bits per heavy atom. The third-order valence-electron chi connectivity index (χ3n) is 4.84. The molecule has 1 aromatic carbocycles. The van der Waals surface area contributed by atoms with E-state index in [1.165, 1.54) is 24.3 Å². The predicted molar refractivity (Wildman–Crippen MR) is 89.1 cm³/mol. The molecule has 2 aliphatic heterocycles. The molecule has 0 aliphatic carbocycles. The quantitative estimate of drug-likeness (QED) is 0.879. The zero-order chi connectivity index (χ0) is 16.9.